The Hall–Kier alpha value is -0.810. The number of hydrogen-bond donors (Lipinski definition) is 1. The van der Waals surface area contributed by atoms with Gasteiger partial charge < -0.3 is 14.6 Å². The Balaban J connectivity index is 1.86. The molecule has 2 rings (SSSR count). The van der Waals surface area contributed by atoms with E-state index in [9.17, 15) is 4.79 Å². The summed E-state index contributed by atoms with van der Waals surface area (Å²) in [5, 5.41) is 2.96. The molecule has 1 unspecified atom stereocenters. The van der Waals surface area contributed by atoms with Gasteiger partial charge in [-0.15, -0.1) is 0 Å². The van der Waals surface area contributed by atoms with Gasteiger partial charge in [0.1, 0.15) is 0 Å². The van der Waals surface area contributed by atoms with Gasteiger partial charge >= 0.3 is 0 Å². The number of hydrogen-bond acceptors (Lipinski definition) is 3. The Labute approximate surface area is 109 Å². The van der Waals surface area contributed by atoms with Crippen LogP contribution in [0.2, 0.25) is 0 Å². The summed E-state index contributed by atoms with van der Waals surface area (Å²) < 4.78 is 5.54. The minimum atomic E-state index is -0.0791. The number of likely N-dealkylation sites (N-methyl/N-ethyl adjacent to an activating group) is 1. The Morgan fingerprint density at radius 1 is 1.65 bits per heavy atom. The van der Waals surface area contributed by atoms with Gasteiger partial charge in [-0.2, -0.15) is 0 Å². The third kappa shape index (κ3) is 3.10. The molecule has 0 aliphatic carbocycles. The molecule has 1 aliphatic heterocycles. The molecule has 0 spiro atoms. The van der Waals surface area contributed by atoms with E-state index < -0.39 is 0 Å². The minimum Gasteiger partial charge on any atom is -0.457 e. The van der Waals surface area contributed by atoms with E-state index in [0.29, 0.717) is 22.8 Å². The first-order valence-electron chi connectivity index (χ1n) is 5.90. The summed E-state index contributed by atoms with van der Waals surface area (Å²) in [4.78, 5) is 14.2. The topological polar surface area (TPSA) is 45.5 Å². The van der Waals surface area contributed by atoms with Gasteiger partial charge in [0.15, 0.2) is 4.67 Å². The quantitative estimate of drug-likeness (QED) is 0.931. The standard InChI is InChI=1S/C12H17BrN2O2/c1-15-6-3-2-4-9(15)8-14-12(16)10-5-7-17-11(10)13/h5,7,9H,2-4,6,8H2,1H3,(H,14,16). The van der Waals surface area contributed by atoms with Crippen LogP contribution in [0.4, 0.5) is 0 Å². The van der Waals surface area contributed by atoms with Crippen molar-refractivity contribution in [1.29, 1.82) is 0 Å². The van der Waals surface area contributed by atoms with Gasteiger partial charge in [-0.25, -0.2) is 0 Å². The largest absolute Gasteiger partial charge is 0.457 e. The van der Waals surface area contributed by atoms with Gasteiger partial charge in [0.2, 0.25) is 0 Å². The van der Waals surface area contributed by atoms with Crippen LogP contribution < -0.4 is 5.32 Å². The SMILES string of the molecule is CN1CCCCC1CNC(=O)c1ccoc1Br. The van der Waals surface area contributed by atoms with Crippen molar-refractivity contribution in [1.82, 2.24) is 10.2 Å². The zero-order chi connectivity index (χ0) is 12.3. The first-order valence-corrected chi connectivity index (χ1v) is 6.69. The van der Waals surface area contributed by atoms with Gasteiger partial charge in [0, 0.05) is 12.6 Å². The molecule has 2 heterocycles. The molecule has 0 bridgehead atoms. The first kappa shape index (κ1) is 12.6. The van der Waals surface area contributed by atoms with E-state index in [4.69, 9.17) is 4.42 Å². The molecule has 1 aromatic heterocycles. The van der Waals surface area contributed by atoms with E-state index in [1.807, 2.05) is 0 Å². The van der Waals surface area contributed by atoms with Crippen LogP contribution in [0.3, 0.4) is 0 Å². The van der Waals surface area contributed by atoms with Crippen molar-refractivity contribution in [2.24, 2.45) is 0 Å². The van der Waals surface area contributed by atoms with Crippen molar-refractivity contribution >= 4 is 21.8 Å². The van der Waals surface area contributed by atoms with Crippen LogP contribution in [0.25, 0.3) is 0 Å². The van der Waals surface area contributed by atoms with Crippen LogP contribution in [-0.4, -0.2) is 37.0 Å². The smallest absolute Gasteiger partial charge is 0.255 e. The number of nitrogens with zero attached hydrogens (tertiary/aromatic N) is 1. The Morgan fingerprint density at radius 2 is 2.47 bits per heavy atom. The summed E-state index contributed by atoms with van der Waals surface area (Å²) >= 11 is 3.21. The molecule has 1 aliphatic rings. The lowest BCUT2D eigenvalue weighted by atomic mass is 10.0. The third-order valence-electron chi connectivity index (χ3n) is 3.28. The maximum Gasteiger partial charge on any atom is 0.255 e. The molecule has 0 aromatic carbocycles. The summed E-state index contributed by atoms with van der Waals surface area (Å²) in [6.07, 6.45) is 5.17. The number of nitrogens with one attached hydrogen (secondary N) is 1. The van der Waals surface area contributed by atoms with Crippen molar-refractivity contribution in [2.45, 2.75) is 25.3 Å². The molecule has 1 aromatic rings. The molecule has 1 N–H and O–H groups in total. The van der Waals surface area contributed by atoms with Crippen molar-refractivity contribution in [2.75, 3.05) is 20.1 Å². The van der Waals surface area contributed by atoms with Crippen LogP contribution in [-0.2, 0) is 0 Å². The lowest BCUT2D eigenvalue weighted by Gasteiger charge is -2.32. The monoisotopic (exact) mass is 300 g/mol. The maximum absolute atomic E-state index is 11.9. The molecule has 0 radical (unpaired) electrons. The fourth-order valence-corrected chi connectivity index (χ4v) is 2.58. The second kappa shape index (κ2) is 5.69. The second-order valence-corrected chi connectivity index (χ2v) is 5.17. The molecule has 1 fully saturated rings. The summed E-state index contributed by atoms with van der Waals surface area (Å²) in [6.45, 7) is 1.82. The van der Waals surface area contributed by atoms with Gasteiger partial charge in [0.25, 0.3) is 5.91 Å². The summed E-state index contributed by atoms with van der Waals surface area (Å²) in [7, 11) is 2.11. The van der Waals surface area contributed by atoms with Crippen LogP contribution in [0.1, 0.15) is 29.6 Å². The number of likely N-dealkylation sites (tertiary alicyclic amines) is 1. The van der Waals surface area contributed by atoms with E-state index >= 15 is 0 Å². The van der Waals surface area contributed by atoms with Crippen molar-refractivity contribution < 1.29 is 9.21 Å². The van der Waals surface area contributed by atoms with Crippen LogP contribution in [0.15, 0.2) is 21.4 Å². The number of amides is 1. The van der Waals surface area contributed by atoms with Crippen LogP contribution in [0.5, 0.6) is 0 Å². The summed E-state index contributed by atoms with van der Waals surface area (Å²) in [5.41, 5.74) is 0.559. The highest BCUT2D eigenvalue weighted by molar-refractivity contribution is 9.10. The third-order valence-corrected chi connectivity index (χ3v) is 3.90. The predicted molar refractivity (Wildman–Crippen MR) is 69.0 cm³/mol. The van der Waals surface area contributed by atoms with Gasteiger partial charge in [0.05, 0.1) is 11.8 Å². The zero-order valence-electron chi connectivity index (χ0n) is 9.91. The van der Waals surface area contributed by atoms with Crippen LogP contribution >= 0.6 is 15.9 Å². The molecule has 5 heteroatoms. The number of halogens is 1. The van der Waals surface area contributed by atoms with Crippen molar-refractivity contribution in [3.05, 3.63) is 22.6 Å². The molecule has 94 valence electrons. The summed E-state index contributed by atoms with van der Waals surface area (Å²) in [6, 6.07) is 2.13. The summed E-state index contributed by atoms with van der Waals surface area (Å²) in [5.74, 6) is -0.0791. The molecule has 17 heavy (non-hydrogen) atoms. The normalized spacial score (nSPS) is 21.4. The Kier molecular flexibility index (Phi) is 4.23. The van der Waals surface area contributed by atoms with Crippen molar-refractivity contribution in [3.63, 3.8) is 0 Å². The highest BCUT2D eigenvalue weighted by Gasteiger charge is 2.20. The molecule has 1 atom stereocenters. The van der Waals surface area contributed by atoms with Gasteiger partial charge in [-0.3, -0.25) is 4.79 Å². The lowest BCUT2D eigenvalue weighted by molar-refractivity contribution is 0.0927. The molecular weight excluding hydrogens is 284 g/mol. The fraction of sp³-hybridized carbons (Fsp3) is 0.583. The number of rotatable bonds is 3. The van der Waals surface area contributed by atoms with Gasteiger partial charge in [-0.1, -0.05) is 6.42 Å². The highest BCUT2D eigenvalue weighted by atomic mass is 79.9. The Bertz CT molecular complexity index is 392. The Morgan fingerprint density at radius 3 is 3.12 bits per heavy atom. The number of carbonyl (C=O) groups is 1. The van der Waals surface area contributed by atoms with E-state index in [0.717, 1.165) is 13.0 Å². The molecule has 1 amide bonds. The fourth-order valence-electron chi connectivity index (χ4n) is 2.16. The van der Waals surface area contributed by atoms with Crippen LogP contribution in [0, 0.1) is 0 Å². The average molecular weight is 301 g/mol. The lowest BCUT2D eigenvalue weighted by Crippen LogP contribution is -2.44. The molecule has 1 saturated heterocycles. The number of carbonyl (C=O) groups excluding carboxylic acids is 1. The first-order chi connectivity index (χ1) is 8.18. The maximum atomic E-state index is 11.9. The predicted octanol–water partition coefficient (Wildman–Crippen LogP) is 2.26. The molecular formula is C12H17BrN2O2. The van der Waals surface area contributed by atoms with Crippen molar-refractivity contribution in [3.8, 4) is 0 Å². The molecule has 0 saturated carbocycles. The van der Waals surface area contributed by atoms with E-state index in [2.05, 4.69) is 33.2 Å². The number of piperidine rings is 1. The van der Waals surface area contributed by atoms with Gasteiger partial charge in [-0.05, 0) is 48.4 Å². The average Bonchev–Trinajstić information content (AvgIpc) is 2.74. The second-order valence-electron chi connectivity index (χ2n) is 4.45. The zero-order valence-corrected chi connectivity index (χ0v) is 11.5. The minimum absolute atomic E-state index is 0.0791. The number of furan rings is 1. The van der Waals surface area contributed by atoms with E-state index in [-0.39, 0.29) is 5.91 Å². The highest BCUT2D eigenvalue weighted by Crippen LogP contribution is 2.18. The molecule has 4 nitrogen and oxygen atoms in total. The van der Waals surface area contributed by atoms with E-state index in [1.54, 1.807) is 6.07 Å². The van der Waals surface area contributed by atoms with E-state index in [1.165, 1.54) is 19.1 Å².